The van der Waals surface area contributed by atoms with Crippen molar-refractivity contribution >= 4 is 27.3 Å². The molecule has 2 aliphatic rings. The molecule has 1 saturated heterocycles. The van der Waals surface area contributed by atoms with Crippen molar-refractivity contribution in [2.75, 3.05) is 19.8 Å². The average molecular weight is 316 g/mol. The van der Waals surface area contributed by atoms with Gasteiger partial charge in [0.05, 0.1) is 10.4 Å². The van der Waals surface area contributed by atoms with E-state index in [1.54, 1.807) is 0 Å². The van der Waals surface area contributed by atoms with E-state index in [9.17, 15) is 0 Å². The number of halogens is 1. The van der Waals surface area contributed by atoms with Crippen molar-refractivity contribution in [2.45, 2.75) is 31.7 Å². The van der Waals surface area contributed by atoms with Crippen LogP contribution in [0.15, 0.2) is 15.9 Å². The minimum atomic E-state index is 0.340. The van der Waals surface area contributed by atoms with E-state index in [-0.39, 0.29) is 0 Å². The first-order valence-electron chi connectivity index (χ1n) is 6.31. The highest BCUT2D eigenvalue weighted by atomic mass is 79.9. The molecule has 17 heavy (non-hydrogen) atoms. The molecule has 1 atom stereocenters. The van der Waals surface area contributed by atoms with Crippen LogP contribution in [0.5, 0.6) is 0 Å². The predicted octanol–water partition coefficient (Wildman–Crippen LogP) is 3.21. The van der Waals surface area contributed by atoms with Gasteiger partial charge in [0.2, 0.25) is 0 Å². The van der Waals surface area contributed by atoms with Gasteiger partial charge >= 0.3 is 0 Å². The minimum absolute atomic E-state index is 0.340. The molecule has 0 radical (unpaired) electrons. The number of nitrogens with one attached hydrogen (secondary N) is 1. The molecule has 1 aromatic rings. The van der Waals surface area contributed by atoms with E-state index in [1.165, 1.54) is 27.9 Å². The summed E-state index contributed by atoms with van der Waals surface area (Å²) in [4.78, 5) is 1.47. The fraction of sp³-hybridized carbons (Fsp3) is 0.692. The van der Waals surface area contributed by atoms with Gasteiger partial charge in [-0.2, -0.15) is 0 Å². The summed E-state index contributed by atoms with van der Waals surface area (Å²) in [6.07, 6.45) is 5.08. The Bertz CT molecular complexity index is 383. The van der Waals surface area contributed by atoms with Crippen LogP contribution in [0.3, 0.4) is 0 Å². The Labute approximate surface area is 115 Å². The summed E-state index contributed by atoms with van der Waals surface area (Å²) < 4.78 is 6.88. The van der Waals surface area contributed by atoms with E-state index in [2.05, 4.69) is 33.4 Å². The molecular formula is C13H18BrNOS. The molecule has 1 aliphatic carbocycles. The monoisotopic (exact) mass is 315 g/mol. The van der Waals surface area contributed by atoms with Crippen LogP contribution in [0.1, 0.15) is 24.1 Å². The number of rotatable bonds is 5. The third-order valence-electron chi connectivity index (χ3n) is 3.71. The Morgan fingerprint density at radius 2 is 2.35 bits per heavy atom. The predicted molar refractivity (Wildman–Crippen MR) is 74.6 cm³/mol. The Morgan fingerprint density at radius 3 is 2.94 bits per heavy atom. The third kappa shape index (κ3) is 3.11. The van der Waals surface area contributed by atoms with E-state index in [1.807, 2.05) is 11.3 Å². The van der Waals surface area contributed by atoms with Gasteiger partial charge < -0.3 is 10.1 Å². The summed E-state index contributed by atoms with van der Waals surface area (Å²) in [5, 5.41) is 3.68. The molecule has 1 unspecified atom stereocenters. The fourth-order valence-electron chi connectivity index (χ4n) is 2.46. The van der Waals surface area contributed by atoms with Gasteiger partial charge in [0, 0.05) is 29.5 Å². The van der Waals surface area contributed by atoms with Gasteiger partial charge in [-0.05, 0) is 53.7 Å². The number of hydrogen-bond acceptors (Lipinski definition) is 3. The zero-order valence-corrected chi connectivity index (χ0v) is 12.3. The second kappa shape index (κ2) is 5.00. The summed E-state index contributed by atoms with van der Waals surface area (Å²) >= 11 is 5.40. The lowest BCUT2D eigenvalue weighted by molar-refractivity contribution is 0.149. The first-order chi connectivity index (χ1) is 8.26. The zero-order chi connectivity index (χ0) is 11.7. The van der Waals surface area contributed by atoms with Crippen LogP contribution in [0.25, 0.3) is 0 Å². The van der Waals surface area contributed by atoms with Crippen molar-refractivity contribution in [1.29, 1.82) is 0 Å². The maximum absolute atomic E-state index is 5.65. The van der Waals surface area contributed by atoms with Gasteiger partial charge in [0.15, 0.2) is 0 Å². The van der Waals surface area contributed by atoms with Gasteiger partial charge in [-0.15, -0.1) is 11.3 Å². The van der Waals surface area contributed by atoms with Gasteiger partial charge in [0.1, 0.15) is 0 Å². The highest BCUT2D eigenvalue weighted by molar-refractivity contribution is 9.11. The van der Waals surface area contributed by atoms with Crippen molar-refractivity contribution < 1.29 is 4.74 Å². The number of ether oxygens (including phenoxy) is 1. The topological polar surface area (TPSA) is 21.3 Å². The van der Waals surface area contributed by atoms with Crippen molar-refractivity contribution in [3.05, 3.63) is 20.8 Å². The van der Waals surface area contributed by atoms with Crippen LogP contribution < -0.4 is 5.32 Å². The normalized spacial score (nSPS) is 28.8. The first kappa shape index (κ1) is 12.2. The lowest BCUT2D eigenvalue weighted by atomic mass is 9.83. The Morgan fingerprint density at radius 1 is 1.47 bits per heavy atom. The molecule has 0 aromatic carbocycles. The smallest absolute Gasteiger partial charge is 0.0701 e. The second-order valence-electron chi connectivity index (χ2n) is 5.34. The number of hydrogen-bond donors (Lipinski definition) is 1. The zero-order valence-electron chi connectivity index (χ0n) is 9.88. The van der Waals surface area contributed by atoms with E-state index in [0.717, 1.165) is 32.2 Å². The molecule has 0 bridgehead atoms. The molecule has 1 saturated carbocycles. The fourth-order valence-corrected chi connectivity index (χ4v) is 4.11. The van der Waals surface area contributed by atoms with Gasteiger partial charge in [-0.25, -0.2) is 0 Å². The standard InChI is InChI=1S/C13H18BrNOS/c14-12-4-3-11(17-12)7-13(5-6-16-9-13)8-15-10-1-2-10/h3-4,10,15H,1-2,5-9H2. The second-order valence-corrected chi connectivity index (χ2v) is 7.89. The van der Waals surface area contributed by atoms with Gasteiger partial charge in [-0.3, -0.25) is 0 Å². The molecule has 1 aliphatic heterocycles. The highest BCUT2D eigenvalue weighted by Gasteiger charge is 2.36. The largest absolute Gasteiger partial charge is 0.381 e. The third-order valence-corrected chi connectivity index (χ3v) is 5.33. The van der Waals surface area contributed by atoms with Crippen molar-refractivity contribution in [2.24, 2.45) is 5.41 Å². The lowest BCUT2D eigenvalue weighted by Crippen LogP contribution is -2.37. The van der Waals surface area contributed by atoms with E-state index >= 15 is 0 Å². The highest BCUT2D eigenvalue weighted by Crippen LogP contribution is 2.36. The quantitative estimate of drug-likeness (QED) is 0.901. The summed E-state index contributed by atoms with van der Waals surface area (Å²) in [7, 11) is 0. The summed E-state index contributed by atoms with van der Waals surface area (Å²) in [6.45, 7) is 2.97. The minimum Gasteiger partial charge on any atom is -0.381 e. The van der Waals surface area contributed by atoms with E-state index in [4.69, 9.17) is 4.74 Å². The van der Waals surface area contributed by atoms with Crippen LogP contribution in [0.2, 0.25) is 0 Å². The van der Waals surface area contributed by atoms with Crippen molar-refractivity contribution in [3.63, 3.8) is 0 Å². The van der Waals surface area contributed by atoms with Crippen LogP contribution >= 0.6 is 27.3 Å². The molecule has 0 amide bonds. The Balaban J connectivity index is 1.65. The van der Waals surface area contributed by atoms with Crippen LogP contribution in [0.4, 0.5) is 0 Å². The summed E-state index contributed by atoms with van der Waals surface area (Å²) in [5.74, 6) is 0. The van der Waals surface area contributed by atoms with E-state index < -0.39 is 0 Å². The maximum atomic E-state index is 5.65. The molecule has 1 aromatic heterocycles. The van der Waals surface area contributed by atoms with Crippen molar-refractivity contribution in [1.82, 2.24) is 5.32 Å². The van der Waals surface area contributed by atoms with Crippen molar-refractivity contribution in [3.8, 4) is 0 Å². The molecule has 2 heterocycles. The van der Waals surface area contributed by atoms with E-state index in [0.29, 0.717) is 5.41 Å². The molecule has 2 nitrogen and oxygen atoms in total. The maximum Gasteiger partial charge on any atom is 0.0701 e. The van der Waals surface area contributed by atoms with Crippen LogP contribution in [-0.2, 0) is 11.2 Å². The summed E-state index contributed by atoms with van der Waals surface area (Å²) in [5.41, 5.74) is 0.340. The Hall–Kier alpha value is 0.1000. The Kier molecular flexibility index (Phi) is 3.57. The van der Waals surface area contributed by atoms with Gasteiger partial charge in [-0.1, -0.05) is 0 Å². The molecule has 94 valence electrons. The molecule has 1 N–H and O–H groups in total. The lowest BCUT2D eigenvalue weighted by Gasteiger charge is -2.27. The first-order valence-corrected chi connectivity index (χ1v) is 7.92. The van der Waals surface area contributed by atoms with Gasteiger partial charge in [0.25, 0.3) is 0 Å². The molecular weight excluding hydrogens is 298 g/mol. The number of thiophene rings is 1. The molecule has 2 fully saturated rings. The van der Waals surface area contributed by atoms with Crippen LogP contribution in [0, 0.1) is 5.41 Å². The SMILES string of the molecule is Brc1ccc(CC2(CNC3CC3)CCOC2)s1. The molecule has 0 spiro atoms. The van der Waals surface area contributed by atoms with Crippen LogP contribution in [-0.4, -0.2) is 25.8 Å². The molecule has 4 heteroatoms. The average Bonchev–Trinajstić information content (AvgIpc) is 2.90. The molecule has 3 rings (SSSR count). The summed E-state index contributed by atoms with van der Waals surface area (Å²) in [6, 6.07) is 5.19.